The SMILES string of the molecule is CCCCC(CCCC)C1=CC2CCC1C2. The van der Waals surface area contributed by atoms with Crippen molar-refractivity contribution in [2.45, 2.75) is 71.6 Å². The van der Waals surface area contributed by atoms with E-state index in [9.17, 15) is 0 Å². The summed E-state index contributed by atoms with van der Waals surface area (Å²) < 4.78 is 0. The van der Waals surface area contributed by atoms with Gasteiger partial charge in [-0.05, 0) is 49.9 Å². The third kappa shape index (κ3) is 2.70. The van der Waals surface area contributed by atoms with Crippen molar-refractivity contribution in [2.75, 3.05) is 0 Å². The second-order valence-corrected chi connectivity index (χ2v) is 5.92. The standard InChI is InChI=1S/C16H28/c1-3-5-7-14(8-6-4-2)16-12-13-9-10-15(16)11-13/h12-15H,3-11H2,1-2H3. The van der Waals surface area contributed by atoms with E-state index in [2.05, 4.69) is 19.9 Å². The summed E-state index contributed by atoms with van der Waals surface area (Å²) in [6.45, 7) is 4.65. The molecule has 0 spiro atoms. The first kappa shape index (κ1) is 12.2. The molecule has 0 heteroatoms. The Bertz CT molecular complexity index is 230. The van der Waals surface area contributed by atoms with Crippen LogP contribution >= 0.6 is 0 Å². The molecule has 2 unspecified atom stereocenters. The van der Waals surface area contributed by atoms with Gasteiger partial charge in [-0.25, -0.2) is 0 Å². The molecule has 2 aliphatic carbocycles. The van der Waals surface area contributed by atoms with Gasteiger partial charge in [0.25, 0.3) is 0 Å². The van der Waals surface area contributed by atoms with Gasteiger partial charge in [0.05, 0.1) is 0 Å². The molecule has 2 atom stereocenters. The average Bonchev–Trinajstić information content (AvgIpc) is 2.91. The molecule has 0 amide bonds. The summed E-state index contributed by atoms with van der Waals surface area (Å²) in [5, 5.41) is 0. The van der Waals surface area contributed by atoms with Crippen molar-refractivity contribution >= 4 is 0 Å². The summed E-state index contributed by atoms with van der Waals surface area (Å²) in [5.41, 5.74) is 1.89. The molecule has 0 heterocycles. The molecule has 16 heavy (non-hydrogen) atoms. The maximum absolute atomic E-state index is 2.67. The minimum atomic E-state index is 0.954. The molecule has 92 valence electrons. The molecule has 0 aliphatic heterocycles. The van der Waals surface area contributed by atoms with E-state index in [0.717, 1.165) is 17.8 Å². The van der Waals surface area contributed by atoms with Crippen LogP contribution in [0.4, 0.5) is 0 Å². The number of hydrogen-bond donors (Lipinski definition) is 0. The van der Waals surface area contributed by atoms with Gasteiger partial charge in [0, 0.05) is 0 Å². The van der Waals surface area contributed by atoms with Gasteiger partial charge in [-0.2, -0.15) is 0 Å². The van der Waals surface area contributed by atoms with Crippen LogP contribution in [0, 0.1) is 17.8 Å². The Morgan fingerprint density at radius 2 is 1.81 bits per heavy atom. The van der Waals surface area contributed by atoms with Crippen molar-refractivity contribution in [3.05, 3.63) is 11.6 Å². The molecule has 0 nitrogen and oxygen atoms in total. The van der Waals surface area contributed by atoms with E-state index >= 15 is 0 Å². The molecule has 0 aromatic heterocycles. The predicted molar refractivity (Wildman–Crippen MR) is 71.5 cm³/mol. The molecule has 2 bridgehead atoms. The Balaban J connectivity index is 1.92. The summed E-state index contributed by atoms with van der Waals surface area (Å²) in [5.74, 6) is 2.93. The van der Waals surface area contributed by atoms with Gasteiger partial charge < -0.3 is 0 Å². The quantitative estimate of drug-likeness (QED) is 0.508. The molecule has 1 saturated carbocycles. The highest BCUT2D eigenvalue weighted by molar-refractivity contribution is 5.22. The lowest BCUT2D eigenvalue weighted by Gasteiger charge is -2.24. The van der Waals surface area contributed by atoms with Gasteiger partial charge in [0.2, 0.25) is 0 Å². The predicted octanol–water partition coefficient (Wildman–Crippen LogP) is 5.34. The molecule has 0 saturated heterocycles. The second kappa shape index (κ2) is 5.89. The van der Waals surface area contributed by atoms with Gasteiger partial charge in [-0.15, -0.1) is 0 Å². The van der Waals surface area contributed by atoms with Crippen LogP contribution in [0.2, 0.25) is 0 Å². The third-order valence-corrected chi connectivity index (χ3v) is 4.66. The minimum absolute atomic E-state index is 0.954. The highest BCUT2D eigenvalue weighted by atomic mass is 14.4. The van der Waals surface area contributed by atoms with Crippen LogP contribution in [0.3, 0.4) is 0 Å². The largest absolute Gasteiger partial charge is 0.0816 e. The van der Waals surface area contributed by atoms with E-state index in [1.807, 2.05) is 5.57 Å². The zero-order chi connectivity index (χ0) is 11.4. The number of rotatable bonds is 7. The van der Waals surface area contributed by atoms with Crippen molar-refractivity contribution in [3.8, 4) is 0 Å². The van der Waals surface area contributed by atoms with Crippen molar-refractivity contribution in [1.82, 2.24) is 0 Å². The lowest BCUT2D eigenvalue weighted by molar-refractivity contribution is 0.431. The lowest BCUT2D eigenvalue weighted by Crippen LogP contribution is -2.10. The fourth-order valence-electron chi connectivity index (χ4n) is 3.73. The Labute approximate surface area is 102 Å². The van der Waals surface area contributed by atoms with Crippen molar-refractivity contribution in [3.63, 3.8) is 0 Å². The normalized spacial score (nSPS) is 27.8. The summed E-state index contributed by atoms with van der Waals surface area (Å²) in [6.07, 6.45) is 15.7. The van der Waals surface area contributed by atoms with Crippen molar-refractivity contribution in [2.24, 2.45) is 17.8 Å². The Morgan fingerprint density at radius 1 is 1.12 bits per heavy atom. The topological polar surface area (TPSA) is 0 Å². The van der Waals surface area contributed by atoms with E-state index in [1.165, 1.54) is 57.8 Å². The first-order valence-electron chi connectivity index (χ1n) is 7.56. The van der Waals surface area contributed by atoms with Crippen molar-refractivity contribution < 1.29 is 0 Å². The molecular weight excluding hydrogens is 192 g/mol. The molecule has 2 rings (SSSR count). The monoisotopic (exact) mass is 220 g/mol. The highest BCUT2D eigenvalue weighted by Crippen LogP contribution is 2.48. The Kier molecular flexibility index (Phi) is 4.49. The molecule has 0 radical (unpaired) electrons. The van der Waals surface area contributed by atoms with Crippen LogP contribution in [0.1, 0.15) is 71.6 Å². The molecular formula is C16H28. The van der Waals surface area contributed by atoms with Crippen LogP contribution < -0.4 is 0 Å². The van der Waals surface area contributed by atoms with Crippen LogP contribution in [0.25, 0.3) is 0 Å². The maximum Gasteiger partial charge on any atom is -0.0195 e. The van der Waals surface area contributed by atoms with E-state index in [0.29, 0.717) is 0 Å². The molecule has 0 N–H and O–H groups in total. The minimum Gasteiger partial charge on any atom is -0.0816 e. The second-order valence-electron chi connectivity index (χ2n) is 5.92. The van der Waals surface area contributed by atoms with Gasteiger partial charge in [0.1, 0.15) is 0 Å². The van der Waals surface area contributed by atoms with Crippen LogP contribution in [0.15, 0.2) is 11.6 Å². The van der Waals surface area contributed by atoms with Crippen LogP contribution in [0.5, 0.6) is 0 Å². The van der Waals surface area contributed by atoms with Crippen LogP contribution in [-0.2, 0) is 0 Å². The van der Waals surface area contributed by atoms with E-state index in [1.54, 1.807) is 0 Å². The molecule has 2 aliphatic rings. The number of unbranched alkanes of at least 4 members (excludes halogenated alkanes) is 2. The Hall–Kier alpha value is -0.260. The maximum atomic E-state index is 2.67. The van der Waals surface area contributed by atoms with Gasteiger partial charge >= 0.3 is 0 Å². The van der Waals surface area contributed by atoms with Gasteiger partial charge in [-0.1, -0.05) is 51.2 Å². The van der Waals surface area contributed by atoms with E-state index in [4.69, 9.17) is 0 Å². The summed E-state index contributed by atoms with van der Waals surface area (Å²) in [4.78, 5) is 0. The zero-order valence-electron chi connectivity index (χ0n) is 11.2. The molecule has 0 aromatic carbocycles. The average molecular weight is 220 g/mol. The summed E-state index contributed by atoms with van der Waals surface area (Å²) in [6, 6.07) is 0. The lowest BCUT2D eigenvalue weighted by atomic mass is 9.82. The van der Waals surface area contributed by atoms with Crippen molar-refractivity contribution in [1.29, 1.82) is 0 Å². The third-order valence-electron chi connectivity index (χ3n) is 4.66. The molecule has 0 aromatic rings. The molecule has 1 fully saturated rings. The van der Waals surface area contributed by atoms with Gasteiger partial charge in [0.15, 0.2) is 0 Å². The summed E-state index contributed by atoms with van der Waals surface area (Å²) >= 11 is 0. The fraction of sp³-hybridized carbons (Fsp3) is 0.875. The first-order chi connectivity index (χ1) is 7.85. The fourth-order valence-corrected chi connectivity index (χ4v) is 3.73. The van der Waals surface area contributed by atoms with E-state index < -0.39 is 0 Å². The highest BCUT2D eigenvalue weighted by Gasteiger charge is 2.35. The summed E-state index contributed by atoms with van der Waals surface area (Å²) in [7, 11) is 0. The van der Waals surface area contributed by atoms with E-state index in [-0.39, 0.29) is 0 Å². The first-order valence-corrected chi connectivity index (χ1v) is 7.56. The number of fused-ring (bicyclic) bond motifs is 2. The van der Waals surface area contributed by atoms with Gasteiger partial charge in [-0.3, -0.25) is 0 Å². The zero-order valence-corrected chi connectivity index (χ0v) is 11.2. The number of allylic oxidation sites excluding steroid dienone is 2. The van der Waals surface area contributed by atoms with Crippen LogP contribution in [-0.4, -0.2) is 0 Å². The smallest absolute Gasteiger partial charge is 0.0195 e. The number of hydrogen-bond acceptors (Lipinski definition) is 0. The Morgan fingerprint density at radius 3 is 2.25 bits per heavy atom.